The van der Waals surface area contributed by atoms with Crippen LogP contribution in [0.25, 0.3) is 0 Å². The van der Waals surface area contributed by atoms with E-state index in [0.717, 1.165) is 10.2 Å². The topological polar surface area (TPSA) is 38.3 Å². The quantitative estimate of drug-likeness (QED) is 0.765. The number of carbonyl (C=O) groups excluding carboxylic acids is 1. The van der Waals surface area contributed by atoms with Gasteiger partial charge in [-0.25, -0.2) is 0 Å². The van der Waals surface area contributed by atoms with Gasteiger partial charge in [-0.15, -0.1) is 12.6 Å². The Bertz CT molecular complexity index is 641. The van der Waals surface area contributed by atoms with E-state index in [1.165, 1.54) is 0 Å². The summed E-state index contributed by atoms with van der Waals surface area (Å²) in [5.74, 6) is 0.589. The average molecular weight is 366 g/mol. The van der Waals surface area contributed by atoms with Crippen LogP contribution in [-0.2, 0) is 0 Å². The summed E-state index contributed by atoms with van der Waals surface area (Å²) >= 11 is 7.66. The van der Waals surface area contributed by atoms with Crippen LogP contribution < -0.4 is 10.1 Å². The number of benzene rings is 2. The fraction of sp³-hybridized carbons (Fsp3) is 0.188. The minimum absolute atomic E-state index is 0.125. The number of rotatable bonds is 4. The zero-order valence-electron chi connectivity index (χ0n) is 11.8. The van der Waals surface area contributed by atoms with E-state index in [2.05, 4.69) is 33.9 Å². The van der Waals surface area contributed by atoms with Crippen LogP contribution >= 0.6 is 28.6 Å². The molecule has 3 nitrogen and oxygen atoms in total. The Morgan fingerprint density at radius 3 is 2.43 bits per heavy atom. The van der Waals surface area contributed by atoms with Gasteiger partial charge in [0.05, 0.1) is 11.7 Å². The summed E-state index contributed by atoms with van der Waals surface area (Å²) in [7, 11) is 0. The van der Waals surface area contributed by atoms with Crippen LogP contribution in [0.5, 0.6) is 5.75 Å². The molecule has 0 saturated carbocycles. The van der Waals surface area contributed by atoms with E-state index in [1.807, 2.05) is 44.2 Å². The Kier molecular flexibility index (Phi) is 5.31. The minimum atomic E-state index is -0.190. The van der Waals surface area contributed by atoms with Crippen LogP contribution in [0.4, 0.5) is 5.69 Å². The molecule has 1 amide bonds. The molecule has 0 bridgehead atoms. The fourth-order valence-corrected chi connectivity index (χ4v) is 2.64. The molecule has 0 spiro atoms. The highest BCUT2D eigenvalue weighted by Gasteiger charge is 2.10. The number of ether oxygens (including phenoxy) is 1. The second-order valence-electron chi connectivity index (χ2n) is 4.81. The van der Waals surface area contributed by atoms with E-state index >= 15 is 0 Å². The molecule has 0 saturated heterocycles. The summed E-state index contributed by atoms with van der Waals surface area (Å²) in [4.78, 5) is 12.8. The Hall–Kier alpha value is -1.46. The summed E-state index contributed by atoms with van der Waals surface area (Å²) in [5.41, 5.74) is 1.25. The molecule has 0 aliphatic carbocycles. The SMILES string of the molecule is CC(C)Oc1ccc(NC(=O)c2ccc(Br)cc2S)cc1. The molecule has 21 heavy (non-hydrogen) atoms. The number of hydrogen-bond donors (Lipinski definition) is 2. The summed E-state index contributed by atoms with van der Waals surface area (Å²) < 4.78 is 6.45. The van der Waals surface area contributed by atoms with Gasteiger partial charge < -0.3 is 10.1 Å². The van der Waals surface area contributed by atoms with Crippen molar-refractivity contribution in [2.75, 3.05) is 5.32 Å². The molecular weight excluding hydrogens is 350 g/mol. The van der Waals surface area contributed by atoms with E-state index in [-0.39, 0.29) is 12.0 Å². The number of carbonyl (C=O) groups is 1. The summed E-state index contributed by atoms with van der Waals surface area (Å²) in [6.07, 6.45) is 0.125. The Labute approximate surface area is 138 Å². The van der Waals surface area contributed by atoms with Crippen molar-refractivity contribution in [3.63, 3.8) is 0 Å². The first-order valence-electron chi connectivity index (χ1n) is 6.52. The van der Waals surface area contributed by atoms with Crippen LogP contribution in [-0.4, -0.2) is 12.0 Å². The second kappa shape index (κ2) is 7.00. The van der Waals surface area contributed by atoms with Gasteiger partial charge in [0, 0.05) is 15.1 Å². The first-order chi connectivity index (χ1) is 9.95. The van der Waals surface area contributed by atoms with Crippen molar-refractivity contribution in [1.82, 2.24) is 0 Å². The van der Waals surface area contributed by atoms with Crippen molar-refractivity contribution in [2.24, 2.45) is 0 Å². The molecular formula is C16H16BrNO2S. The highest BCUT2D eigenvalue weighted by Crippen LogP contribution is 2.22. The molecule has 0 heterocycles. The molecule has 0 unspecified atom stereocenters. The van der Waals surface area contributed by atoms with Crippen LogP contribution in [0.2, 0.25) is 0 Å². The lowest BCUT2D eigenvalue weighted by Gasteiger charge is -2.11. The Balaban J connectivity index is 2.08. The highest BCUT2D eigenvalue weighted by atomic mass is 79.9. The van der Waals surface area contributed by atoms with Crippen molar-refractivity contribution in [2.45, 2.75) is 24.8 Å². The van der Waals surface area contributed by atoms with Gasteiger partial charge in [-0.3, -0.25) is 4.79 Å². The standard InChI is InChI=1S/C16H16BrNO2S/c1-10(2)20-13-6-4-12(5-7-13)18-16(19)14-8-3-11(17)9-15(14)21/h3-10,21H,1-2H3,(H,18,19). The van der Waals surface area contributed by atoms with Crippen molar-refractivity contribution in [3.8, 4) is 5.75 Å². The molecule has 1 N–H and O–H groups in total. The summed E-state index contributed by atoms with van der Waals surface area (Å²) in [6, 6.07) is 12.6. The third-order valence-electron chi connectivity index (χ3n) is 2.69. The molecule has 0 aliphatic heterocycles. The number of amides is 1. The smallest absolute Gasteiger partial charge is 0.256 e. The molecule has 2 aromatic rings. The second-order valence-corrected chi connectivity index (χ2v) is 6.20. The number of halogens is 1. The van der Waals surface area contributed by atoms with Gasteiger partial charge in [0.25, 0.3) is 5.91 Å². The first-order valence-corrected chi connectivity index (χ1v) is 7.76. The maximum Gasteiger partial charge on any atom is 0.256 e. The van der Waals surface area contributed by atoms with Crippen LogP contribution in [0.15, 0.2) is 51.8 Å². The lowest BCUT2D eigenvalue weighted by atomic mass is 10.2. The summed E-state index contributed by atoms with van der Waals surface area (Å²) in [6.45, 7) is 3.94. The van der Waals surface area contributed by atoms with E-state index in [4.69, 9.17) is 4.74 Å². The largest absolute Gasteiger partial charge is 0.491 e. The van der Waals surface area contributed by atoms with Gasteiger partial charge in [0.2, 0.25) is 0 Å². The van der Waals surface area contributed by atoms with Gasteiger partial charge in [0.15, 0.2) is 0 Å². The fourth-order valence-electron chi connectivity index (χ4n) is 1.78. The Morgan fingerprint density at radius 2 is 1.86 bits per heavy atom. The average Bonchev–Trinajstić information content (AvgIpc) is 2.40. The van der Waals surface area contributed by atoms with E-state index in [0.29, 0.717) is 16.1 Å². The maximum atomic E-state index is 12.2. The molecule has 0 aliphatic rings. The lowest BCUT2D eigenvalue weighted by molar-refractivity contribution is 0.102. The van der Waals surface area contributed by atoms with Crippen molar-refractivity contribution in [1.29, 1.82) is 0 Å². The molecule has 5 heteroatoms. The van der Waals surface area contributed by atoms with Crippen molar-refractivity contribution >= 4 is 40.2 Å². The number of nitrogens with one attached hydrogen (secondary N) is 1. The third kappa shape index (κ3) is 4.51. The highest BCUT2D eigenvalue weighted by molar-refractivity contribution is 9.10. The van der Waals surface area contributed by atoms with Crippen molar-refractivity contribution < 1.29 is 9.53 Å². The predicted octanol–water partition coefficient (Wildman–Crippen LogP) is 4.78. The number of anilines is 1. The van der Waals surface area contributed by atoms with Gasteiger partial charge in [-0.05, 0) is 56.3 Å². The predicted molar refractivity (Wildman–Crippen MR) is 91.6 cm³/mol. The van der Waals surface area contributed by atoms with E-state index in [9.17, 15) is 4.79 Å². The normalized spacial score (nSPS) is 10.5. The zero-order valence-corrected chi connectivity index (χ0v) is 14.2. The van der Waals surface area contributed by atoms with Crippen LogP contribution in [0, 0.1) is 0 Å². The van der Waals surface area contributed by atoms with E-state index in [1.54, 1.807) is 12.1 Å². The molecule has 2 rings (SSSR count). The molecule has 110 valence electrons. The van der Waals surface area contributed by atoms with Crippen LogP contribution in [0.3, 0.4) is 0 Å². The summed E-state index contributed by atoms with van der Waals surface area (Å²) in [5, 5.41) is 2.84. The zero-order chi connectivity index (χ0) is 15.4. The number of thiol groups is 1. The molecule has 0 radical (unpaired) electrons. The van der Waals surface area contributed by atoms with Gasteiger partial charge in [0.1, 0.15) is 5.75 Å². The molecule has 0 fully saturated rings. The minimum Gasteiger partial charge on any atom is -0.491 e. The Morgan fingerprint density at radius 1 is 1.19 bits per heavy atom. The maximum absolute atomic E-state index is 12.2. The molecule has 0 atom stereocenters. The van der Waals surface area contributed by atoms with Crippen molar-refractivity contribution in [3.05, 3.63) is 52.5 Å². The van der Waals surface area contributed by atoms with E-state index < -0.39 is 0 Å². The van der Waals surface area contributed by atoms with Gasteiger partial charge in [-0.1, -0.05) is 15.9 Å². The molecule has 0 aromatic heterocycles. The van der Waals surface area contributed by atoms with Gasteiger partial charge >= 0.3 is 0 Å². The van der Waals surface area contributed by atoms with Crippen LogP contribution in [0.1, 0.15) is 24.2 Å². The van der Waals surface area contributed by atoms with Gasteiger partial charge in [-0.2, -0.15) is 0 Å². The third-order valence-corrected chi connectivity index (χ3v) is 3.55. The molecule has 2 aromatic carbocycles. The lowest BCUT2D eigenvalue weighted by Crippen LogP contribution is -2.12. The first kappa shape index (κ1) is 15.9. The monoisotopic (exact) mass is 365 g/mol. The number of hydrogen-bond acceptors (Lipinski definition) is 3.